The number of carbonyl (C=O) groups excluding carboxylic acids is 3. The molecule has 8 rings (SSSR count). The molecule has 6 aromatic carbocycles. The van der Waals surface area contributed by atoms with Gasteiger partial charge in [-0.15, -0.1) is 0 Å². The van der Waals surface area contributed by atoms with Crippen LogP contribution in [0.4, 0.5) is 0 Å². The lowest BCUT2D eigenvalue weighted by Gasteiger charge is -2.34. The van der Waals surface area contributed by atoms with Crippen LogP contribution >= 0.6 is 0 Å². The van der Waals surface area contributed by atoms with Crippen LogP contribution in [-0.2, 0) is 21.5 Å². The first-order chi connectivity index (χ1) is 24.0. The third-order valence-electron chi connectivity index (χ3n) is 9.13. The zero-order chi connectivity index (χ0) is 33.5. The van der Waals surface area contributed by atoms with Gasteiger partial charge in [-0.1, -0.05) is 78.9 Å². The number of esters is 2. The second-order valence-electron chi connectivity index (χ2n) is 11.9. The van der Waals surface area contributed by atoms with E-state index in [1.807, 2.05) is 72.8 Å². The zero-order valence-electron chi connectivity index (χ0n) is 26.3. The van der Waals surface area contributed by atoms with E-state index in [4.69, 9.17) is 18.9 Å². The SMILES string of the molecule is COCc1ccc(Oc2ccc3c(c2)-c2cc(Oc4ccc5c(c4)C(=O)OC5=O)ccc2C3(c2ccccc2)c2ccccc2)cc1C=O. The molecule has 1 aliphatic carbocycles. The standard InChI is InChI=1S/C42H28O7/c1-46-25-26-12-13-30(20-27(26)24-43)47-32-15-18-38-35(21-32)36-22-33(48-31-14-17-34-37(23-31)41(45)49-40(34)44)16-19-39(36)42(38,28-8-4-2-5-9-28)29-10-6-3-7-11-29/h2-24H,25H2,1H3. The van der Waals surface area contributed by atoms with Crippen molar-refractivity contribution in [3.63, 3.8) is 0 Å². The molecule has 0 unspecified atom stereocenters. The number of cyclic esters (lactones) is 2. The third-order valence-corrected chi connectivity index (χ3v) is 9.13. The van der Waals surface area contributed by atoms with Gasteiger partial charge in [0.15, 0.2) is 6.29 Å². The van der Waals surface area contributed by atoms with Crippen LogP contribution < -0.4 is 9.47 Å². The summed E-state index contributed by atoms with van der Waals surface area (Å²) in [5, 5.41) is 0. The Morgan fingerprint density at radius 2 is 1.06 bits per heavy atom. The summed E-state index contributed by atoms with van der Waals surface area (Å²) in [6.07, 6.45) is 0.803. The average molecular weight is 645 g/mol. The highest BCUT2D eigenvalue weighted by molar-refractivity contribution is 6.14. The number of rotatable bonds is 9. The highest BCUT2D eigenvalue weighted by Crippen LogP contribution is 2.57. The number of fused-ring (bicyclic) bond motifs is 4. The largest absolute Gasteiger partial charge is 0.457 e. The van der Waals surface area contributed by atoms with Gasteiger partial charge in [-0.25, -0.2) is 9.59 Å². The number of methoxy groups -OCH3 is 1. The number of hydrogen-bond donors (Lipinski definition) is 0. The topological polar surface area (TPSA) is 88.1 Å². The molecule has 0 radical (unpaired) electrons. The van der Waals surface area contributed by atoms with Crippen LogP contribution in [0.15, 0.2) is 133 Å². The summed E-state index contributed by atoms with van der Waals surface area (Å²) >= 11 is 0. The maximum absolute atomic E-state index is 12.2. The Bertz CT molecular complexity index is 2240. The Hall–Kier alpha value is -6.31. The molecule has 0 bridgehead atoms. The molecule has 0 saturated carbocycles. The minimum atomic E-state index is -0.690. The summed E-state index contributed by atoms with van der Waals surface area (Å²) in [5.74, 6) is 0.736. The minimum absolute atomic E-state index is 0.177. The predicted octanol–water partition coefficient (Wildman–Crippen LogP) is 8.90. The lowest BCUT2D eigenvalue weighted by atomic mass is 9.68. The fourth-order valence-corrected chi connectivity index (χ4v) is 7.02. The van der Waals surface area contributed by atoms with Crippen molar-refractivity contribution in [2.24, 2.45) is 0 Å². The van der Waals surface area contributed by atoms with Crippen molar-refractivity contribution in [1.29, 1.82) is 0 Å². The molecule has 0 aromatic heterocycles. The molecule has 0 saturated heterocycles. The highest BCUT2D eigenvalue weighted by atomic mass is 16.6. The molecule has 7 heteroatoms. The van der Waals surface area contributed by atoms with Crippen molar-refractivity contribution in [1.82, 2.24) is 0 Å². The van der Waals surface area contributed by atoms with Crippen molar-refractivity contribution in [2.45, 2.75) is 12.0 Å². The van der Waals surface area contributed by atoms with Crippen molar-refractivity contribution in [2.75, 3.05) is 7.11 Å². The Balaban J connectivity index is 1.28. The van der Waals surface area contributed by atoms with Crippen LogP contribution in [0.25, 0.3) is 11.1 Å². The monoisotopic (exact) mass is 644 g/mol. The molecule has 0 atom stereocenters. The first-order valence-electron chi connectivity index (χ1n) is 15.7. The molecular weight excluding hydrogens is 616 g/mol. The predicted molar refractivity (Wildman–Crippen MR) is 183 cm³/mol. The van der Waals surface area contributed by atoms with Gasteiger partial charge < -0.3 is 18.9 Å². The summed E-state index contributed by atoms with van der Waals surface area (Å²) in [5.41, 5.74) is 7.30. The minimum Gasteiger partial charge on any atom is -0.457 e. The number of hydrogen-bond acceptors (Lipinski definition) is 7. The van der Waals surface area contributed by atoms with E-state index < -0.39 is 17.4 Å². The summed E-state index contributed by atoms with van der Waals surface area (Å²) < 4.78 is 22.6. The average Bonchev–Trinajstić information content (AvgIpc) is 3.59. The van der Waals surface area contributed by atoms with E-state index in [0.717, 1.165) is 45.2 Å². The van der Waals surface area contributed by atoms with Crippen LogP contribution in [0.2, 0.25) is 0 Å². The summed E-state index contributed by atoms with van der Waals surface area (Å²) in [6.45, 7) is 0.323. The molecular formula is C42H28O7. The highest BCUT2D eigenvalue weighted by Gasteiger charge is 2.46. The quantitative estimate of drug-likeness (QED) is 0.0881. The molecule has 1 aliphatic heterocycles. The van der Waals surface area contributed by atoms with E-state index in [1.54, 1.807) is 19.2 Å². The second-order valence-corrected chi connectivity index (χ2v) is 11.9. The number of ether oxygens (including phenoxy) is 4. The molecule has 0 spiro atoms. The van der Waals surface area contributed by atoms with Gasteiger partial charge in [-0.3, -0.25) is 4.79 Å². The summed E-state index contributed by atoms with van der Waals surface area (Å²) in [6, 6.07) is 43.0. The van der Waals surface area contributed by atoms with Gasteiger partial charge in [0.25, 0.3) is 0 Å². The van der Waals surface area contributed by atoms with Gasteiger partial charge in [0.1, 0.15) is 23.0 Å². The molecule has 238 valence electrons. The number of benzene rings is 6. The first-order valence-corrected chi connectivity index (χ1v) is 15.7. The number of carbonyl (C=O) groups is 3. The molecule has 49 heavy (non-hydrogen) atoms. The van der Waals surface area contributed by atoms with E-state index in [9.17, 15) is 14.4 Å². The van der Waals surface area contributed by atoms with Crippen LogP contribution in [-0.4, -0.2) is 25.3 Å². The van der Waals surface area contributed by atoms with Crippen molar-refractivity contribution in [3.05, 3.63) is 178 Å². The lowest BCUT2D eigenvalue weighted by Crippen LogP contribution is -2.28. The Labute approximate surface area is 282 Å². The molecule has 0 amide bonds. The second kappa shape index (κ2) is 12.0. The van der Waals surface area contributed by atoms with Crippen molar-refractivity contribution < 1.29 is 33.3 Å². The van der Waals surface area contributed by atoms with E-state index in [-0.39, 0.29) is 11.1 Å². The van der Waals surface area contributed by atoms with E-state index in [1.165, 1.54) is 12.1 Å². The molecule has 0 fully saturated rings. The van der Waals surface area contributed by atoms with Crippen LogP contribution in [0.1, 0.15) is 58.9 Å². The Morgan fingerprint density at radius 1 is 0.571 bits per heavy atom. The summed E-state index contributed by atoms with van der Waals surface area (Å²) in [7, 11) is 1.59. The molecule has 1 heterocycles. The van der Waals surface area contributed by atoms with Gasteiger partial charge in [0, 0.05) is 12.7 Å². The Morgan fingerprint density at radius 3 is 1.61 bits per heavy atom. The van der Waals surface area contributed by atoms with Gasteiger partial charge in [0.05, 0.1) is 23.1 Å². The van der Waals surface area contributed by atoms with E-state index >= 15 is 0 Å². The maximum atomic E-state index is 12.2. The first kappa shape index (κ1) is 30.1. The fraction of sp³-hybridized carbons (Fsp3) is 0.0714. The Kier molecular flexibility index (Phi) is 7.39. The van der Waals surface area contributed by atoms with Crippen molar-refractivity contribution in [3.8, 4) is 34.1 Å². The van der Waals surface area contributed by atoms with E-state index in [2.05, 4.69) is 36.4 Å². The molecule has 0 N–H and O–H groups in total. The van der Waals surface area contributed by atoms with Gasteiger partial charge >= 0.3 is 11.9 Å². The zero-order valence-corrected chi connectivity index (χ0v) is 26.3. The van der Waals surface area contributed by atoms with Crippen LogP contribution in [0.5, 0.6) is 23.0 Å². The fourth-order valence-electron chi connectivity index (χ4n) is 7.02. The van der Waals surface area contributed by atoms with Gasteiger partial charge in [-0.2, -0.15) is 0 Å². The molecule has 7 nitrogen and oxygen atoms in total. The van der Waals surface area contributed by atoms with Crippen LogP contribution in [0, 0.1) is 0 Å². The van der Waals surface area contributed by atoms with Crippen LogP contribution in [0.3, 0.4) is 0 Å². The van der Waals surface area contributed by atoms with E-state index in [0.29, 0.717) is 35.2 Å². The van der Waals surface area contributed by atoms with Crippen molar-refractivity contribution >= 4 is 18.2 Å². The molecule has 6 aromatic rings. The number of aldehydes is 1. The smallest absolute Gasteiger partial charge is 0.347 e. The van der Waals surface area contributed by atoms with Gasteiger partial charge in [0.2, 0.25) is 0 Å². The summed E-state index contributed by atoms with van der Waals surface area (Å²) in [4.78, 5) is 36.0. The molecule has 2 aliphatic rings. The lowest BCUT2D eigenvalue weighted by molar-refractivity contribution is 0.0443. The third kappa shape index (κ3) is 4.99. The normalized spacial score (nSPS) is 13.7. The van der Waals surface area contributed by atoms with Gasteiger partial charge in [-0.05, 0) is 93.5 Å². The maximum Gasteiger partial charge on any atom is 0.347 e.